The van der Waals surface area contributed by atoms with E-state index < -0.39 is 36.1 Å². The number of nitrogens with one attached hydrogen (secondary N) is 2. The van der Waals surface area contributed by atoms with E-state index in [4.69, 9.17) is 0 Å². The summed E-state index contributed by atoms with van der Waals surface area (Å²) >= 11 is 0. The highest BCUT2D eigenvalue weighted by atomic mass is 16.4. The summed E-state index contributed by atoms with van der Waals surface area (Å²) in [6.45, 7) is 11.6. The van der Waals surface area contributed by atoms with Crippen LogP contribution >= 0.6 is 0 Å². The molecular formula is C24H41N3O6. The molecule has 1 aliphatic heterocycles. The SMILES string of the molecule is CC(C)C(=O)N[C@H](C(=O)N1CC[C@H](C(C)C)[C@H]1C(=O)NC(CC1CC1)C(O)C(=O)O)C(C)C. The Labute approximate surface area is 196 Å². The molecule has 2 aliphatic rings. The first-order valence-corrected chi connectivity index (χ1v) is 12.2. The molecule has 188 valence electrons. The summed E-state index contributed by atoms with van der Waals surface area (Å²) in [5.41, 5.74) is 0. The van der Waals surface area contributed by atoms with Crippen molar-refractivity contribution >= 4 is 23.7 Å². The number of hydrogen-bond donors (Lipinski definition) is 4. The molecule has 0 spiro atoms. The molecule has 1 heterocycles. The average molecular weight is 468 g/mol. The molecule has 9 nitrogen and oxygen atoms in total. The lowest BCUT2D eigenvalue weighted by molar-refractivity contribution is -0.150. The lowest BCUT2D eigenvalue weighted by atomic mass is 9.87. The lowest BCUT2D eigenvalue weighted by Gasteiger charge is -2.34. The van der Waals surface area contributed by atoms with Crippen LogP contribution in [0, 0.1) is 29.6 Å². The third kappa shape index (κ3) is 6.91. The number of aliphatic carboxylic acids is 1. The predicted octanol–water partition coefficient (Wildman–Crippen LogP) is 1.39. The van der Waals surface area contributed by atoms with Crippen LogP contribution in [0.3, 0.4) is 0 Å². The van der Waals surface area contributed by atoms with Crippen molar-refractivity contribution in [2.24, 2.45) is 29.6 Å². The van der Waals surface area contributed by atoms with Crippen molar-refractivity contribution in [3.8, 4) is 0 Å². The number of likely N-dealkylation sites (tertiary alicyclic amines) is 1. The van der Waals surface area contributed by atoms with Gasteiger partial charge in [0.05, 0.1) is 6.04 Å². The van der Waals surface area contributed by atoms with Crippen LogP contribution in [0.15, 0.2) is 0 Å². The summed E-state index contributed by atoms with van der Waals surface area (Å²) in [6.07, 6.45) is 1.23. The molecule has 1 saturated carbocycles. The van der Waals surface area contributed by atoms with Crippen LogP contribution in [0.5, 0.6) is 0 Å². The summed E-state index contributed by atoms with van der Waals surface area (Å²) in [5, 5.41) is 25.1. The number of hydrogen-bond acceptors (Lipinski definition) is 5. The third-order valence-corrected chi connectivity index (χ3v) is 6.85. The highest BCUT2D eigenvalue weighted by Gasteiger charge is 2.46. The lowest BCUT2D eigenvalue weighted by Crippen LogP contribution is -2.59. The highest BCUT2D eigenvalue weighted by molar-refractivity contribution is 5.93. The molecule has 4 N–H and O–H groups in total. The number of carboxylic acids is 1. The maximum atomic E-state index is 13.5. The van der Waals surface area contributed by atoms with Crippen LogP contribution in [0.2, 0.25) is 0 Å². The van der Waals surface area contributed by atoms with Gasteiger partial charge in [-0.25, -0.2) is 4.79 Å². The summed E-state index contributed by atoms with van der Waals surface area (Å²) in [6, 6.07) is -2.44. The zero-order valence-corrected chi connectivity index (χ0v) is 20.7. The fourth-order valence-electron chi connectivity index (χ4n) is 4.53. The molecule has 0 radical (unpaired) electrons. The summed E-state index contributed by atoms with van der Waals surface area (Å²) in [7, 11) is 0. The zero-order chi connectivity index (χ0) is 25.0. The minimum atomic E-state index is -1.70. The summed E-state index contributed by atoms with van der Waals surface area (Å²) in [4.78, 5) is 52.2. The molecule has 2 unspecified atom stereocenters. The first-order chi connectivity index (χ1) is 15.3. The van der Waals surface area contributed by atoms with Crippen molar-refractivity contribution in [1.82, 2.24) is 15.5 Å². The molecule has 2 fully saturated rings. The van der Waals surface area contributed by atoms with Crippen LogP contribution in [0.4, 0.5) is 0 Å². The minimum absolute atomic E-state index is 0.105. The Kier molecular flexibility index (Phi) is 9.29. The molecule has 1 saturated heterocycles. The number of aliphatic hydroxyl groups is 1. The van der Waals surface area contributed by atoms with Gasteiger partial charge in [-0.1, -0.05) is 54.4 Å². The Bertz CT molecular complexity index is 734. The molecule has 0 bridgehead atoms. The second-order valence-electron chi connectivity index (χ2n) is 10.6. The molecule has 0 aromatic rings. The molecule has 9 heteroatoms. The number of rotatable bonds is 11. The van der Waals surface area contributed by atoms with Crippen LogP contribution in [0.1, 0.15) is 67.2 Å². The van der Waals surface area contributed by atoms with Gasteiger partial charge in [0, 0.05) is 12.5 Å². The van der Waals surface area contributed by atoms with E-state index >= 15 is 0 Å². The van der Waals surface area contributed by atoms with Crippen LogP contribution < -0.4 is 10.6 Å². The molecular weight excluding hydrogens is 426 g/mol. The van der Waals surface area contributed by atoms with E-state index in [1.165, 1.54) is 4.90 Å². The zero-order valence-electron chi connectivity index (χ0n) is 20.7. The van der Waals surface area contributed by atoms with Gasteiger partial charge in [0.1, 0.15) is 12.1 Å². The Hall–Kier alpha value is -2.16. The van der Waals surface area contributed by atoms with Crippen LogP contribution in [-0.2, 0) is 19.2 Å². The minimum Gasteiger partial charge on any atom is -0.479 e. The molecule has 33 heavy (non-hydrogen) atoms. The summed E-state index contributed by atoms with van der Waals surface area (Å²) < 4.78 is 0. The topological polar surface area (TPSA) is 136 Å². The third-order valence-electron chi connectivity index (χ3n) is 6.85. The van der Waals surface area contributed by atoms with Crippen molar-refractivity contribution in [1.29, 1.82) is 0 Å². The standard InChI is InChI=1S/C24H41N3O6/c1-12(2)16-9-10-27(23(31)18(13(3)4)26-21(29)14(5)6)19(16)22(30)25-17(11-15-7-8-15)20(28)24(32)33/h12-20,28H,7-11H2,1-6H3,(H,25,30)(H,26,29)(H,32,33)/t16-,17?,18+,19+,20?/m1/s1. The molecule has 0 aromatic carbocycles. The average Bonchev–Trinajstić information content (AvgIpc) is 3.42. The molecule has 3 amide bonds. The maximum absolute atomic E-state index is 13.5. The Balaban J connectivity index is 2.26. The Morgan fingerprint density at radius 3 is 2.03 bits per heavy atom. The second-order valence-corrected chi connectivity index (χ2v) is 10.6. The van der Waals surface area contributed by atoms with Crippen LogP contribution in [-0.4, -0.2) is 69.6 Å². The second kappa shape index (κ2) is 11.3. The van der Waals surface area contributed by atoms with E-state index in [-0.39, 0.29) is 35.5 Å². The molecule has 0 aromatic heterocycles. The monoisotopic (exact) mass is 467 g/mol. The van der Waals surface area contributed by atoms with E-state index in [9.17, 15) is 29.4 Å². The normalized spacial score (nSPS) is 23.5. The van der Waals surface area contributed by atoms with Crippen LogP contribution in [0.25, 0.3) is 0 Å². The van der Waals surface area contributed by atoms with Gasteiger partial charge in [-0.05, 0) is 36.5 Å². The van der Waals surface area contributed by atoms with Crippen molar-refractivity contribution in [2.45, 2.75) is 91.5 Å². The van der Waals surface area contributed by atoms with Crippen molar-refractivity contribution < 1.29 is 29.4 Å². The molecule has 1 aliphatic carbocycles. The number of carbonyl (C=O) groups excluding carboxylic acids is 3. The molecule has 5 atom stereocenters. The highest BCUT2D eigenvalue weighted by Crippen LogP contribution is 2.35. The van der Waals surface area contributed by atoms with Gasteiger partial charge in [0.15, 0.2) is 6.10 Å². The Morgan fingerprint density at radius 1 is 0.970 bits per heavy atom. The number of nitrogens with zero attached hydrogens (tertiary/aromatic N) is 1. The predicted molar refractivity (Wildman–Crippen MR) is 123 cm³/mol. The van der Waals surface area contributed by atoms with Gasteiger partial charge in [-0.3, -0.25) is 14.4 Å². The van der Waals surface area contributed by atoms with E-state index in [0.29, 0.717) is 25.3 Å². The van der Waals surface area contributed by atoms with Gasteiger partial charge in [0.25, 0.3) is 0 Å². The maximum Gasteiger partial charge on any atom is 0.334 e. The van der Waals surface area contributed by atoms with E-state index in [1.54, 1.807) is 13.8 Å². The van der Waals surface area contributed by atoms with Gasteiger partial charge >= 0.3 is 5.97 Å². The van der Waals surface area contributed by atoms with E-state index in [2.05, 4.69) is 10.6 Å². The number of amides is 3. The van der Waals surface area contributed by atoms with E-state index in [0.717, 1.165) is 12.8 Å². The molecule has 2 rings (SSSR count). The van der Waals surface area contributed by atoms with Gasteiger partial charge in [0.2, 0.25) is 17.7 Å². The van der Waals surface area contributed by atoms with Gasteiger partial charge in [-0.15, -0.1) is 0 Å². The van der Waals surface area contributed by atoms with Gasteiger partial charge in [-0.2, -0.15) is 0 Å². The summed E-state index contributed by atoms with van der Waals surface area (Å²) in [5.74, 6) is -2.49. The fraction of sp³-hybridized carbons (Fsp3) is 0.833. The number of aliphatic hydroxyl groups excluding tert-OH is 1. The van der Waals surface area contributed by atoms with E-state index in [1.807, 2.05) is 27.7 Å². The number of carbonyl (C=O) groups is 4. The van der Waals surface area contributed by atoms with Crippen molar-refractivity contribution in [2.75, 3.05) is 6.54 Å². The Morgan fingerprint density at radius 2 is 1.58 bits per heavy atom. The van der Waals surface area contributed by atoms with Crippen molar-refractivity contribution in [3.63, 3.8) is 0 Å². The first kappa shape index (κ1) is 27.1. The smallest absolute Gasteiger partial charge is 0.334 e. The van der Waals surface area contributed by atoms with Crippen molar-refractivity contribution in [3.05, 3.63) is 0 Å². The fourth-order valence-corrected chi connectivity index (χ4v) is 4.53. The quantitative estimate of drug-likeness (QED) is 0.363. The first-order valence-electron chi connectivity index (χ1n) is 12.2. The largest absolute Gasteiger partial charge is 0.479 e. The van der Waals surface area contributed by atoms with Gasteiger partial charge < -0.3 is 25.7 Å². The number of carboxylic acid groups (broad SMARTS) is 1.